The van der Waals surface area contributed by atoms with E-state index in [0.29, 0.717) is 4.47 Å². The quantitative estimate of drug-likeness (QED) is 0.875. The van der Waals surface area contributed by atoms with E-state index < -0.39 is 18.2 Å². The molecule has 0 heterocycles. The van der Waals surface area contributed by atoms with Gasteiger partial charge < -0.3 is 10.8 Å². The SMILES string of the molecule is Cl.N[C@@H](c1c(Br)ccc(Cl)c1O)C(F)F. The number of alkyl halides is 2. The summed E-state index contributed by atoms with van der Waals surface area (Å²) in [6.45, 7) is 0. The Balaban J connectivity index is 0.00000196. The molecule has 3 N–H and O–H groups in total. The summed E-state index contributed by atoms with van der Waals surface area (Å²) in [5, 5.41) is 9.42. The van der Waals surface area contributed by atoms with Gasteiger partial charge >= 0.3 is 0 Å². The predicted octanol–water partition coefficient (Wildman–Crippen LogP) is 3.49. The minimum Gasteiger partial charge on any atom is -0.506 e. The average Bonchev–Trinajstić information content (AvgIpc) is 2.12. The van der Waals surface area contributed by atoms with Gasteiger partial charge in [0.15, 0.2) is 0 Å². The van der Waals surface area contributed by atoms with E-state index in [9.17, 15) is 13.9 Å². The number of nitrogens with two attached hydrogens (primary N) is 1. The maximum absolute atomic E-state index is 12.3. The topological polar surface area (TPSA) is 46.2 Å². The van der Waals surface area contributed by atoms with Gasteiger partial charge in [-0.3, -0.25) is 0 Å². The normalized spacial score (nSPS) is 12.4. The fourth-order valence-corrected chi connectivity index (χ4v) is 1.75. The summed E-state index contributed by atoms with van der Waals surface area (Å²) in [5.41, 5.74) is 5.13. The van der Waals surface area contributed by atoms with Gasteiger partial charge in [0.05, 0.1) is 11.1 Å². The maximum Gasteiger partial charge on any atom is 0.257 e. The van der Waals surface area contributed by atoms with E-state index in [0.717, 1.165) is 0 Å². The van der Waals surface area contributed by atoms with Crippen molar-refractivity contribution in [2.75, 3.05) is 0 Å². The van der Waals surface area contributed by atoms with Crippen molar-refractivity contribution in [3.63, 3.8) is 0 Å². The van der Waals surface area contributed by atoms with E-state index in [4.69, 9.17) is 17.3 Å². The second kappa shape index (κ2) is 5.84. The third-order valence-corrected chi connectivity index (χ3v) is 2.72. The van der Waals surface area contributed by atoms with Crippen LogP contribution in [0.5, 0.6) is 5.75 Å². The van der Waals surface area contributed by atoms with Gasteiger partial charge in [-0.1, -0.05) is 27.5 Å². The summed E-state index contributed by atoms with van der Waals surface area (Å²) in [6, 6.07) is 1.30. The van der Waals surface area contributed by atoms with Crippen LogP contribution in [0.3, 0.4) is 0 Å². The van der Waals surface area contributed by atoms with Crippen molar-refractivity contribution < 1.29 is 13.9 Å². The molecule has 0 amide bonds. The molecule has 15 heavy (non-hydrogen) atoms. The molecule has 0 bridgehead atoms. The van der Waals surface area contributed by atoms with E-state index in [1.807, 2.05) is 0 Å². The van der Waals surface area contributed by atoms with Crippen molar-refractivity contribution in [3.8, 4) is 5.75 Å². The molecule has 1 aromatic rings. The van der Waals surface area contributed by atoms with Crippen LogP contribution in [-0.4, -0.2) is 11.5 Å². The van der Waals surface area contributed by atoms with Crippen molar-refractivity contribution in [1.29, 1.82) is 0 Å². The van der Waals surface area contributed by atoms with Crippen molar-refractivity contribution in [2.24, 2.45) is 5.73 Å². The van der Waals surface area contributed by atoms with Crippen LogP contribution in [-0.2, 0) is 0 Å². The summed E-state index contributed by atoms with van der Waals surface area (Å²) in [7, 11) is 0. The summed E-state index contributed by atoms with van der Waals surface area (Å²) in [5.74, 6) is -0.408. The standard InChI is InChI=1S/C8H7BrClF2NO.ClH/c9-3-1-2-4(10)7(14)5(3)6(13)8(11)12;/h1-2,6,8,14H,13H2;1H/t6-;/m0./s1. The molecule has 0 aromatic heterocycles. The van der Waals surface area contributed by atoms with Crippen LogP contribution in [0.1, 0.15) is 11.6 Å². The lowest BCUT2D eigenvalue weighted by Gasteiger charge is -2.15. The first-order valence-electron chi connectivity index (χ1n) is 3.65. The molecule has 7 heteroatoms. The van der Waals surface area contributed by atoms with Crippen molar-refractivity contribution >= 4 is 39.9 Å². The predicted molar refractivity (Wildman–Crippen MR) is 61.0 cm³/mol. The first-order valence-corrected chi connectivity index (χ1v) is 4.82. The number of benzene rings is 1. The molecular formula is C8H8BrCl2F2NO. The largest absolute Gasteiger partial charge is 0.506 e. The minimum atomic E-state index is -2.75. The smallest absolute Gasteiger partial charge is 0.257 e. The molecule has 1 rings (SSSR count). The third-order valence-electron chi connectivity index (χ3n) is 1.72. The van der Waals surface area contributed by atoms with Crippen molar-refractivity contribution in [3.05, 3.63) is 27.2 Å². The lowest BCUT2D eigenvalue weighted by molar-refractivity contribution is 0.115. The minimum absolute atomic E-state index is 0. The van der Waals surface area contributed by atoms with Gasteiger partial charge in [-0.25, -0.2) is 8.78 Å². The van der Waals surface area contributed by atoms with Crippen LogP contribution in [0.15, 0.2) is 16.6 Å². The van der Waals surface area contributed by atoms with Gasteiger partial charge in [0.1, 0.15) is 5.75 Å². The molecule has 0 aliphatic heterocycles. The van der Waals surface area contributed by atoms with Gasteiger partial charge in [-0.15, -0.1) is 12.4 Å². The van der Waals surface area contributed by atoms with Crippen LogP contribution >= 0.6 is 39.9 Å². The van der Waals surface area contributed by atoms with Crippen molar-refractivity contribution in [2.45, 2.75) is 12.5 Å². The van der Waals surface area contributed by atoms with Gasteiger partial charge in [0, 0.05) is 10.0 Å². The molecule has 0 spiro atoms. The van der Waals surface area contributed by atoms with Crippen LogP contribution in [0.4, 0.5) is 8.78 Å². The molecule has 0 saturated heterocycles. The first-order chi connectivity index (χ1) is 6.45. The van der Waals surface area contributed by atoms with Crippen LogP contribution in [0.25, 0.3) is 0 Å². The number of rotatable bonds is 2. The Morgan fingerprint density at radius 1 is 1.40 bits per heavy atom. The van der Waals surface area contributed by atoms with E-state index >= 15 is 0 Å². The third kappa shape index (κ3) is 3.17. The monoisotopic (exact) mass is 321 g/mol. The Hall–Kier alpha value is -0.100. The summed E-state index contributed by atoms with van der Waals surface area (Å²) in [6.07, 6.45) is -2.75. The lowest BCUT2D eigenvalue weighted by atomic mass is 10.1. The highest BCUT2D eigenvalue weighted by molar-refractivity contribution is 9.10. The Labute approximate surface area is 105 Å². The van der Waals surface area contributed by atoms with Gasteiger partial charge in [-0.05, 0) is 12.1 Å². The second-order valence-electron chi connectivity index (χ2n) is 2.65. The number of hydrogen-bond acceptors (Lipinski definition) is 2. The summed E-state index contributed by atoms with van der Waals surface area (Å²) in [4.78, 5) is 0. The highest BCUT2D eigenvalue weighted by Gasteiger charge is 2.24. The van der Waals surface area contributed by atoms with E-state index in [2.05, 4.69) is 15.9 Å². The fraction of sp³-hybridized carbons (Fsp3) is 0.250. The number of aromatic hydroxyl groups is 1. The molecule has 0 aliphatic rings. The molecule has 0 aliphatic carbocycles. The molecule has 86 valence electrons. The van der Waals surface area contributed by atoms with Gasteiger partial charge in [0.25, 0.3) is 6.43 Å². The fourth-order valence-electron chi connectivity index (χ4n) is 1.000. The number of phenols is 1. The van der Waals surface area contributed by atoms with Crippen LogP contribution < -0.4 is 5.73 Å². The van der Waals surface area contributed by atoms with Gasteiger partial charge in [-0.2, -0.15) is 0 Å². The van der Waals surface area contributed by atoms with Crippen LogP contribution in [0.2, 0.25) is 5.02 Å². The molecule has 0 saturated carbocycles. The zero-order chi connectivity index (χ0) is 10.9. The Morgan fingerprint density at radius 2 is 1.93 bits per heavy atom. The van der Waals surface area contributed by atoms with Crippen molar-refractivity contribution in [1.82, 2.24) is 0 Å². The molecular weight excluding hydrogens is 315 g/mol. The average molecular weight is 323 g/mol. The second-order valence-corrected chi connectivity index (χ2v) is 3.91. The molecule has 0 fully saturated rings. The lowest BCUT2D eigenvalue weighted by Crippen LogP contribution is -2.19. The van der Waals surface area contributed by atoms with E-state index in [1.54, 1.807) is 0 Å². The first kappa shape index (κ1) is 14.9. The maximum atomic E-state index is 12.3. The molecule has 1 atom stereocenters. The highest BCUT2D eigenvalue weighted by Crippen LogP contribution is 2.38. The number of hydrogen-bond donors (Lipinski definition) is 2. The zero-order valence-corrected chi connectivity index (χ0v) is 10.4. The Morgan fingerprint density at radius 3 is 2.40 bits per heavy atom. The van der Waals surface area contributed by atoms with E-state index in [1.165, 1.54) is 12.1 Å². The van der Waals surface area contributed by atoms with Gasteiger partial charge in [0.2, 0.25) is 0 Å². The summed E-state index contributed by atoms with van der Waals surface area (Å²) < 4.78 is 24.9. The zero-order valence-electron chi connectivity index (χ0n) is 7.25. The number of phenolic OH excluding ortho intramolecular Hbond substituents is 1. The van der Waals surface area contributed by atoms with Crippen LogP contribution in [0, 0.1) is 0 Å². The Bertz CT molecular complexity index is 352. The molecule has 0 radical (unpaired) electrons. The molecule has 0 unspecified atom stereocenters. The summed E-state index contributed by atoms with van der Waals surface area (Å²) >= 11 is 8.58. The molecule has 1 aromatic carbocycles. The highest BCUT2D eigenvalue weighted by atomic mass is 79.9. The Kier molecular flexibility index (Phi) is 5.80. The number of halogens is 5. The van der Waals surface area contributed by atoms with E-state index in [-0.39, 0.29) is 23.0 Å². The molecule has 2 nitrogen and oxygen atoms in total.